The molecule has 0 aromatic heterocycles. The number of ether oxygens (including phenoxy) is 1. The number of hydrogen-bond acceptors (Lipinski definition) is 2. The lowest BCUT2D eigenvalue weighted by Gasteiger charge is -2.31. The van der Waals surface area contributed by atoms with E-state index in [2.05, 4.69) is 99.4 Å². The molecule has 50 heavy (non-hydrogen) atoms. The molecule has 1 radical (unpaired) electrons. The van der Waals surface area contributed by atoms with Crippen molar-refractivity contribution >= 4 is 97.7 Å². The predicted octanol–water partition coefficient (Wildman–Crippen LogP) is 10.6. The van der Waals surface area contributed by atoms with Gasteiger partial charge in [-0.05, 0) is 140 Å². The summed E-state index contributed by atoms with van der Waals surface area (Å²) in [5.74, 6) is -0.108. The monoisotopic (exact) mass is 659 g/mol. The molecule has 0 heterocycles. The van der Waals surface area contributed by atoms with Crippen molar-refractivity contribution in [1.82, 2.24) is 0 Å². The van der Waals surface area contributed by atoms with Crippen molar-refractivity contribution in [1.29, 1.82) is 0 Å². The average molecular weight is 660 g/mol. The maximum atomic E-state index is 12.6. The Morgan fingerprint density at radius 1 is 0.800 bits per heavy atom. The lowest BCUT2D eigenvalue weighted by molar-refractivity contribution is -0.140. The van der Waals surface area contributed by atoms with E-state index in [0.29, 0.717) is 6.42 Å². The van der Waals surface area contributed by atoms with Crippen molar-refractivity contribution in [3.05, 3.63) is 117 Å². The van der Waals surface area contributed by atoms with Crippen LogP contribution in [0.3, 0.4) is 0 Å². The van der Waals surface area contributed by atoms with Gasteiger partial charge in [0.25, 0.3) is 0 Å². The summed E-state index contributed by atoms with van der Waals surface area (Å²) < 4.78 is 5.17. The number of carbonyl (C=O) groups is 1. The maximum absolute atomic E-state index is 12.6. The van der Waals surface area contributed by atoms with Crippen LogP contribution < -0.4 is 0 Å². The zero-order chi connectivity index (χ0) is 33.1. The summed E-state index contributed by atoms with van der Waals surface area (Å²) in [5.41, 5.74) is 13.1. The summed E-state index contributed by atoms with van der Waals surface area (Å²) >= 11 is 0. The Balaban J connectivity index is 0.000000656. The molecule has 4 unspecified atom stereocenters. The van der Waals surface area contributed by atoms with Gasteiger partial charge in [-0.1, -0.05) is 92.4 Å². The third kappa shape index (κ3) is 2.42. The molecule has 0 aliphatic heterocycles. The van der Waals surface area contributed by atoms with Gasteiger partial charge in [-0.25, -0.2) is 0 Å². The zero-order valence-electron chi connectivity index (χ0n) is 28.4. The molecule has 8 aromatic rings. The lowest BCUT2D eigenvalue weighted by atomic mass is 9.70. The first-order chi connectivity index (χ1) is 24.6. The van der Waals surface area contributed by atoms with E-state index in [4.69, 9.17) is 4.74 Å². The summed E-state index contributed by atoms with van der Waals surface area (Å²) in [6.45, 7) is 6.37. The van der Waals surface area contributed by atoms with Gasteiger partial charge >= 0.3 is 5.97 Å². The molecular formula is C46H33BO2P. The molecule has 6 aliphatic carbocycles. The normalized spacial score (nSPS) is 25.1. The van der Waals surface area contributed by atoms with Crippen molar-refractivity contribution in [3.8, 4) is 0 Å². The highest BCUT2D eigenvalue weighted by Gasteiger charge is 2.89. The van der Waals surface area contributed by atoms with E-state index in [-0.39, 0.29) is 22.2 Å². The van der Waals surface area contributed by atoms with Crippen LogP contribution in [0.15, 0.2) is 72.8 Å². The van der Waals surface area contributed by atoms with Gasteiger partial charge in [0.1, 0.15) is 7.00 Å². The number of methoxy groups -OCH3 is 1. The number of carbonyl (C=O) groups excluding carboxylic acids is 1. The third-order valence-corrected chi connectivity index (χ3v) is 15.0. The first-order valence-electron chi connectivity index (χ1n) is 18.3. The molecule has 2 nitrogen and oxygen atoms in total. The van der Waals surface area contributed by atoms with Crippen molar-refractivity contribution in [2.45, 2.75) is 49.8 Å². The number of hydrogen-bond donors (Lipinski definition) is 0. The Morgan fingerprint density at radius 2 is 1.46 bits per heavy atom. The van der Waals surface area contributed by atoms with E-state index in [9.17, 15) is 4.79 Å². The largest absolute Gasteiger partial charge is 0.469 e. The fourth-order valence-corrected chi connectivity index (χ4v) is 13.1. The van der Waals surface area contributed by atoms with Crippen LogP contribution in [0.2, 0.25) is 6.82 Å². The Labute approximate surface area is 292 Å². The average Bonchev–Trinajstić information content (AvgIpc) is 3.65. The first kappa shape index (κ1) is 27.3. The minimum atomic E-state index is -0.181. The highest BCUT2D eigenvalue weighted by atomic mass is 31.1. The molecule has 0 N–H and O–H groups in total. The highest BCUT2D eigenvalue weighted by Crippen LogP contribution is 2.91. The van der Waals surface area contributed by atoms with Gasteiger partial charge in [-0.2, -0.15) is 8.46 Å². The van der Waals surface area contributed by atoms with Crippen LogP contribution in [0.1, 0.15) is 63.8 Å². The van der Waals surface area contributed by atoms with Gasteiger partial charge in [-0.15, -0.1) is 0 Å². The van der Waals surface area contributed by atoms with E-state index in [1.165, 1.54) is 62.0 Å². The van der Waals surface area contributed by atoms with Gasteiger partial charge in [0.15, 0.2) is 0 Å². The van der Waals surface area contributed by atoms with Crippen LogP contribution in [0.5, 0.6) is 0 Å². The van der Waals surface area contributed by atoms with Crippen LogP contribution in [0, 0.1) is 5.41 Å². The molecule has 0 saturated heterocycles. The van der Waals surface area contributed by atoms with Crippen molar-refractivity contribution in [3.63, 3.8) is 0 Å². The molecule has 0 amide bonds. The minimum absolute atomic E-state index is 0.108. The Morgan fingerprint density at radius 3 is 2.20 bits per heavy atom. The van der Waals surface area contributed by atoms with E-state index in [1.807, 2.05) is 0 Å². The smallest absolute Gasteiger partial charge is 0.305 e. The van der Waals surface area contributed by atoms with Crippen molar-refractivity contribution in [2.75, 3.05) is 13.8 Å². The number of esters is 1. The quantitative estimate of drug-likeness (QED) is 0.0769. The minimum Gasteiger partial charge on any atom is -0.469 e. The first-order valence-corrected chi connectivity index (χ1v) is 19.9. The fourth-order valence-electron chi connectivity index (χ4n) is 13.1. The Bertz CT molecular complexity index is 2990. The number of rotatable bonds is 6. The van der Waals surface area contributed by atoms with Crippen molar-refractivity contribution < 1.29 is 9.53 Å². The molecule has 8 aromatic carbocycles. The van der Waals surface area contributed by atoms with Crippen LogP contribution in [-0.2, 0) is 33.2 Å². The Kier molecular flexibility index (Phi) is 4.56. The second kappa shape index (κ2) is 8.36. The maximum Gasteiger partial charge on any atom is 0.305 e. The SMILES string of the molecule is COC(=O)CCCC1(c2ccccc2)C23C=Cc4cc5c6c7c4C21c1c2c4c(cc8ccc9cc(c6c6c9c8c4c6c17)C5)CC2=C3.C[B]PC. The summed E-state index contributed by atoms with van der Waals surface area (Å²) in [7, 11) is 2.54. The molecule has 14 rings (SSSR count). The molecule has 0 bridgehead atoms. The van der Waals surface area contributed by atoms with Crippen LogP contribution >= 0.6 is 8.46 Å². The molecule has 1 saturated carbocycles. The topological polar surface area (TPSA) is 26.3 Å². The summed E-state index contributed by atoms with van der Waals surface area (Å²) in [6, 6.07) is 23.8. The van der Waals surface area contributed by atoms with Crippen LogP contribution in [-0.4, -0.2) is 26.7 Å². The van der Waals surface area contributed by atoms with E-state index < -0.39 is 0 Å². The standard InChI is InChI=1S/C44H26O2.C2H7BP/c1-46-28(45)8-5-12-43(27-6-3-2-4-7-27)42-13-11-22-16-25-17-23-14-20-9-10-21-15-24-18-26(19-42)34-33(24)36-30(21)29(20)35-31(23)32(25)38-39(37(35)36)41(34)44(42,43)40(22)38;1-3-4-2/h2-4,6-7,9-11,13-16,19H,5,8,12,17-18H2,1H3;4H,1-2H3. The zero-order valence-corrected chi connectivity index (χ0v) is 29.4. The highest BCUT2D eigenvalue weighted by molar-refractivity contribution is 7.70. The van der Waals surface area contributed by atoms with Crippen LogP contribution in [0.25, 0.3) is 76.3 Å². The van der Waals surface area contributed by atoms with Gasteiger partial charge < -0.3 is 4.74 Å². The molecule has 4 heteroatoms. The second-order valence-electron chi connectivity index (χ2n) is 15.8. The van der Waals surface area contributed by atoms with E-state index in [1.54, 1.807) is 59.8 Å². The van der Waals surface area contributed by atoms with Gasteiger partial charge in [0, 0.05) is 22.7 Å². The fraction of sp³-hybridized carbons (Fsp3) is 0.239. The molecule has 6 aliphatic rings. The molecule has 4 atom stereocenters. The molecule has 1 fully saturated rings. The molecule has 237 valence electrons. The summed E-state index contributed by atoms with van der Waals surface area (Å²) in [5, 5.41) is 18.2. The van der Waals surface area contributed by atoms with Crippen LogP contribution in [0.4, 0.5) is 0 Å². The third-order valence-electron chi connectivity index (χ3n) is 14.4. The number of benzene rings is 7. The Hall–Kier alpha value is -4.46. The van der Waals surface area contributed by atoms with Gasteiger partial charge in [0.2, 0.25) is 0 Å². The van der Waals surface area contributed by atoms with Gasteiger partial charge in [-0.3, -0.25) is 4.79 Å². The molecule has 1 spiro atoms. The number of allylic oxidation sites excluding steroid dienone is 3. The lowest BCUT2D eigenvalue weighted by Crippen LogP contribution is -2.25. The molecular weight excluding hydrogens is 626 g/mol. The van der Waals surface area contributed by atoms with E-state index in [0.717, 1.165) is 34.1 Å². The summed E-state index contributed by atoms with van der Waals surface area (Å²) in [6.07, 6.45) is 12.1. The van der Waals surface area contributed by atoms with E-state index >= 15 is 0 Å². The van der Waals surface area contributed by atoms with Crippen molar-refractivity contribution in [2.24, 2.45) is 5.41 Å². The van der Waals surface area contributed by atoms with Gasteiger partial charge in [0.05, 0.1) is 7.11 Å². The summed E-state index contributed by atoms with van der Waals surface area (Å²) in [4.78, 5) is 12.6. The second-order valence-corrected chi connectivity index (χ2v) is 17.0. The predicted molar refractivity (Wildman–Crippen MR) is 212 cm³/mol.